The summed E-state index contributed by atoms with van der Waals surface area (Å²) >= 11 is 0. The minimum atomic E-state index is -4.70. The lowest BCUT2D eigenvalue weighted by Crippen LogP contribution is -2.18. The van der Waals surface area contributed by atoms with Crippen LogP contribution in [-0.2, 0) is 19.3 Å². The Labute approximate surface area is 180 Å². The smallest absolute Gasteiger partial charge is 0.406 e. The molecule has 3 aromatic carbocycles. The Hall–Kier alpha value is -2.56. The largest absolute Gasteiger partial charge is 0.573 e. The van der Waals surface area contributed by atoms with Crippen LogP contribution in [-0.4, -0.2) is 6.36 Å². The van der Waals surface area contributed by atoms with Crippen LogP contribution < -0.4 is 4.74 Å². The fourth-order valence-corrected chi connectivity index (χ4v) is 4.60. The lowest BCUT2D eigenvalue weighted by molar-refractivity contribution is -0.274. The second-order valence-corrected chi connectivity index (χ2v) is 8.40. The maximum absolute atomic E-state index is 15.4. The Morgan fingerprint density at radius 1 is 0.968 bits per heavy atom. The van der Waals surface area contributed by atoms with Gasteiger partial charge in [-0.2, -0.15) is 0 Å². The van der Waals surface area contributed by atoms with Crippen LogP contribution >= 0.6 is 0 Å². The molecule has 0 saturated carbocycles. The summed E-state index contributed by atoms with van der Waals surface area (Å²) < 4.78 is 56.8. The molecule has 0 saturated heterocycles. The summed E-state index contributed by atoms with van der Waals surface area (Å²) in [5.41, 5.74) is 3.72. The van der Waals surface area contributed by atoms with Crippen molar-refractivity contribution in [2.75, 3.05) is 0 Å². The lowest BCUT2D eigenvalue weighted by atomic mass is 9.79. The predicted molar refractivity (Wildman–Crippen MR) is 115 cm³/mol. The van der Waals surface area contributed by atoms with Crippen LogP contribution in [0.15, 0.2) is 48.5 Å². The second kappa shape index (κ2) is 8.89. The molecule has 0 aromatic heterocycles. The molecule has 1 aliphatic rings. The molecule has 1 unspecified atom stereocenters. The first-order valence-electron chi connectivity index (χ1n) is 10.9. The van der Waals surface area contributed by atoms with Crippen molar-refractivity contribution in [1.29, 1.82) is 0 Å². The van der Waals surface area contributed by atoms with Gasteiger partial charge in [0.05, 0.1) is 0 Å². The first-order chi connectivity index (χ1) is 14.8. The zero-order valence-electron chi connectivity index (χ0n) is 17.6. The van der Waals surface area contributed by atoms with Gasteiger partial charge in [-0.05, 0) is 77.8 Å². The molecule has 0 radical (unpaired) electrons. The van der Waals surface area contributed by atoms with Crippen molar-refractivity contribution in [2.45, 2.75) is 64.1 Å². The summed E-state index contributed by atoms with van der Waals surface area (Å²) in [7, 11) is 0. The van der Waals surface area contributed by atoms with Gasteiger partial charge in [-0.15, -0.1) is 13.2 Å². The molecule has 0 spiro atoms. The maximum Gasteiger partial charge on any atom is 0.573 e. The van der Waals surface area contributed by atoms with Gasteiger partial charge in [0, 0.05) is 5.39 Å². The summed E-state index contributed by atoms with van der Waals surface area (Å²) in [6.45, 7) is 2.18. The molecule has 4 rings (SSSR count). The van der Waals surface area contributed by atoms with Crippen molar-refractivity contribution >= 4 is 10.8 Å². The monoisotopic (exact) mass is 430 g/mol. The van der Waals surface area contributed by atoms with Crippen molar-refractivity contribution in [1.82, 2.24) is 0 Å². The van der Waals surface area contributed by atoms with E-state index in [1.54, 1.807) is 6.07 Å². The topological polar surface area (TPSA) is 9.23 Å². The SMILES string of the molecule is CCCCCc1ccc2c(F)c(C3CCc4cc(OC(F)(F)F)ccc4C3)ccc2c1. The average molecular weight is 430 g/mol. The van der Waals surface area contributed by atoms with Crippen molar-refractivity contribution < 1.29 is 22.3 Å². The first-order valence-corrected chi connectivity index (χ1v) is 10.9. The molecule has 1 atom stereocenters. The minimum absolute atomic E-state index is 0.00974. The van der Waals surface area contributed by atoms with E-state index >= 15 is 4.39 Å². The quantitative estimate of drug-likeness (QED) is 0.285. The number of hydrogen-bond acceptors (Lipinski definition) is 1. The summed E-state index contributed by atoms with van der Waals surface area (Å²) in [6, 6.07) is 14.3. The third kappa shape index (κ3) is 5.03. The molecule has 0 fully saturated rings. The third-order valence-corrected chi connectivity index (χ3v) is 6.20. The molecular formula is C26H26F4O. The van der Waals surface area contributed by atoms with Gasteiger partial charge in [0.15, 0.2) is 0 Å². The van der Waals surface area contributed by atoms with Gasteiger partial charge in [-0.3, -0.25) is 0 Å². The Kier molecular flexibility index (Phi) is 6.22. The molecule has 0 N–H and O–H groups in total. The van der Waals surface area contributed by atoms with Crippen molar-refractivity contribution in [2.24, 2.45) is 0 Å². The number of rotatable bonds is 6. The van der Waals surface area contributed by atoms with Gasteiger partial charge in [-0.1, -0.05) is 56.2 Å². The molecule has 1 nitrogen and oxygen atoms in total. The number of aryl methyl sites for hydroxylation is 2. The lowest BCUT2D eigenvalue weighted by Gasteiger charge is -2.26. The molecule has 31 heavy (non-hydrogen) atoms. The van der Waals surface area contributed by atoms with Crippen LogP contribution in [0.2, 0.25) is 0 Å². The molecule has 1 aliphatic carbocycles. The molecule has 3 aromatic rings. The number of benzene rings is 3. The predicted octanol–water partition coefficient (Wildman–Crippen LogP) is 7.88. The van der Waals surface area contributed by atoms with Crippen molar-refractivity contribution in [3.05, 3.63) is 76.6 Å². The standard InChI is InChI=1S/C26H26F4O/c1-2-3-4-5-17-6-12-23-20(14-17)10-13-24(25(23)27)21-8-7-19-16-22(31-26(28,29)30)11-9-18(19)15-21/h6,9-14,16,21H,2-5,7-8,15H2,1H3. The van der Waals surface area contributed by atoms with E-state index in [-0.39, 0.29) is 17.5 Å². The number of hydrogen-bond donors (Lipinski definition) is 0. The summed E-state index contributed by atoms with van der Waals surface area (Å²) in [5.74, 6) is -0.366. The van der Waals surface area contributed by atoms with Crippen LogP contribution in [0.4, 0.5) is 17.6 Å². The highest BCUT2D eigenvalue weighted by Crippen LogP contribution is 2.38. The highest BCUT2D eigenvalue weighted by molar-refractivity contribution is 5.84. The normalized spacial score (nSPS) is 16.4. The minimum Gasteiger partial charge on any atom is -0.406 e. The Balaban J connectivity index is 1.54. The van der Waals surface area contributed by atoms with Gasteiger partial charge in [0.1, 0.15) is 11.6 Å². The maximum atomic E-state index is 15.4. The highest BCUT2D eigenvalue weighted by Gasteiger charge is 2.32. The van der Waals surface area contributed by atoms with E-state index in [9.17, 15) is 13.2 Å². The molecule has 0 bridgehead atoms. The molecule has 0 amide bonds. The molecule has 0 heterocycles. The Morgan fingerprint density at radius 3 is 2.58 bits per heavy atom. The van der Waals surface area contributed by atoms with E-state index in [1.165, 1.54) is 30.5 Å². The molecular weight excluding hydrogens is 404 g/mol. The molecule has 5 heteroatoms. The van der Waals surface area contributed by atoms with Crippen LogP contribution in [0.1, 0.15) is 60.8 Å². The summed E-state index contributed by atoms with van der Waals surface area (Å²) in [6.07, 6.45) is 1.72. The van der Waals surface area contributed by atoms with Crippen molar-refractivity contribution in [3.63, 3.8) is 0 Å². The van der Waals surface area contributed by atoms with Crippen LogP contribution in [0.3, 0.4) is 0 Å². The van der Waals surface area contributed by atoms with E-state index in [4.69, 9.17) is 0 Å². The third-order valence-electron chi connectivity index (χ3n) is 6.20. The van der Waals surface area contributed by atoms with Crippen LogP contribution in [0.5, 0.6) is 5.75 Å². The van der Waals surface area contributed by atoms with E-state index in [0.29, 0.717) is 30.2 Å². The van der Waals surface area contributed by atoms with Gasteiger partial charge in [0.25, 0.3) is 0 Å². The number of fused-ring (bicyclic) bond motifs is 2. The van der Waals surface area contributed by atoms with Gasteiger partial charge < -0.3 is 4.74 Å². The summed E-state index contributed by atoms with van der Waals surface area (Å²) in [5, 5.41) is 1.55. The van der Waals surface area contributed by atoms with Gasteiger partial charge >= 0.3 is 6.36 Å². The molecule has 164 valence electrons. The van der Waals surface area contributed by atoms with E-state index in [2.05, 4.69) is 17.7 Å². The number of unbranched alkanes of at least 4 members (excludes halogenated alkanes) is 2. The number of ether oxygens (including phenoxy) is 1. The first kappa shape index (κ1) is 21.7. The number of halogens is 4. The summed E-state index contributed by atoms with van der Waals surface area (Å²) in [4.78, 5) is 0. The van der Waals surface area contributed by atoms with Gasteiger partial charge in [-0.25, -0.2) is 4.39 Å². The van der Waals surface area contributed by atoms with E-state index in [1.807, 2.05) is 24.3 Å². The molecule has 0 aliphatic heterocycles. The average Bonchev–Trinajstić information content (AvgIpc) is 2.73. The second-order valence-electron chi connectivity index (χ2n) is 8.40. The Bertz CT molecular complexity index is 1070. The fraction of sp³-hybridized carbons (Fsp3) is 0.385. The Morgan fingerprint density at radius 2 is 1.81 bits per heavy atom. The van der Waals surface area contributed by atoms with E-state index < -0.39 is 6.36 Å². The fourth-order valence-electron chi connectivity index (χ4n) is 4.60. The highest BCUT2D eigenvalue weighted by atomic mass is 19.4. The van der Waals surface area contributed by atoms with Crippen LogP contribution in [0, 0.1) is 5.82 Å². The van der Waals surface area contributed by atoms with Gasteiger partial charge in [0.2, 0.25) is 0 Å². The van der Waals surface area contributed by atoms with E-state index in [0.717, 1.165) is 29.4 Å². The van der Waals surface area contributed by atoms with Crippen molar-refractivity contribution in [3.8, 4) is 5.75 Å². The zero-order chi connectivity index (χ0) is 22.0. The van der Waals surface area contributed by atoms with Crippen LogP contribution in [0.25, 0.3) is 10.8 Å². The zero-order valence-corrected chi connectivity index (χ0v) is 17.6. The number of alkyl halides is 3.